The first-order chi connectivity index (χ1) is 18.2. The molecule has 5 heterocycles. The maximum absolute atomic E-state index is 12.7. The summed E-state index contributed by atoms with van der Waals surface area (Å²) in [6.07, 6.45) is 3.00. The SMILES string of the molecule is CCN(CCCN1C(=O)c2ccccc2C1=O)CC1OCC2(n3cnc4c(N)ncnc43)OC(C)(C)OC12. The lowest BCUT2D eigenvalue weighted by atomic mass is 10.0. The molecule has 200 valence electrons. The number of carbonyl (C=O) groups excluding carboxylic acids is 2. The van der Waals surface area contributed by atoms with Crippen LogP contribution in [0.5, 0.6) is 0 Å². The Bertz CT molecular complexity index is 1370. The first-order valence-corrected chi connectivity index (χ1v) is 12.9. The molecule has 2 fully saturated rings. The highest BCUT2D eigenvalue weighted by Crippen LogP contribution is 2.47. The fraction of sp³-hybridized carbons (Fsp3) is 0.500. The maximum atomic E-state index is 12.7. The van der Waals surface area contributed by atoms with Crippen molar-refractivity contribution in [3.05, 3.63) is 48.0 Å². The highest BCUT2D eigenvalue weighted by molar-refractivity contribution is 6.21. The summed E-state index contributed by atoms with van der Waals surface area (Å²) in [5, 5.41) is 0. The Morgan fingerprint density at radius 1 is 1.13 bits per heavy atom. The summed E-state index contributed by atoms with van der Waals surface area (Å²) in [6, 6.07) is 6.95. The van der Waals surface area contributed by atoms with E-state index in [9.17, 15) is 9.59 Å². The van der Waals surface area contributed by atoms with Crippen molar-refractivity contribution in [3.8, 4) is 0 Å². The molecular weight excluding hydrogens is 490 g/mol. The minimum absolute atomic E-state index is 0.228. The second kappa shape index (κ2) is 9.09. The number of hydrogen-bond acceptors (Lipinski definition) is 10. The van der Waals surface area contributed by atoms with E-state index in [0.717, 1.165) is 6.54 Å². The van der Waals surface area contributed by atoms with Crippen molar-refractivity contribution in [3.63, 3.8) is 0 Å². The van der Waals surface area contributed by atoms with Gasteiger partial charge in [-0.25, -0.2) is 15.0 Å². The van der Waals surface area contributed by atoms with E-state index in [1.54, 1.807) is 30.6 Å². The third kappa shape index (κ3) is 3.87. The van der Waals surface area contributed by atoms with Gasteiger partial charge in [0.25, 0.3) is 11.8 Å². The van der Waals surface area contributed by atoms with E-state index in [4.69, 9.17) is 19.9 Å². The molecule has 12 nitrogen and oxygen atoms in total. The molecule has 1 aromatic carbocycles. The second-order valence-electron chi connectivity index (χ2n) is 10.3. The average Bonchev–Trinajstić information content (AvgIpc) is 3.60. The summed E-state index contributed by atoms with van der Waals surface area (Å²) in [7, 11) is 0. The number of ether oxygens (including phenoxy) is 3. The van der Waals surface area contributed by atoms with Crippen molar-refractivity contribution < 1.29 is 23.8 Å². The molecule has 0 saturated carbocycles. The predicted octanol–water partition coefficient (Wildman–Crippen LogP) is 1.62. The number of nitrogens with two attached hydrogens (primary N) is 1. The van der Waals surface area contributed by atoms with Gasteiger partial charge in [0.15, 0.2) is 17.3 Å². The van der Waals surface area contributed by atoms with Crippen LogP contribution < -0.4 is 5.73 Å². The topological polar surface area (TPSA) is 138 Å². The molecule has 3 aliphatic rings. The highest BCUT2D eigenvalue weighted by Gasteiger charge is 2.63. The van der Waals surface area contributed by atoms with Crippen LogP contribution in [-0.2, 0) is 19.9 Å². The third-order valence-corrected chi connectivity index (χ3v) is 7.51. The molecule has 38 heavy (non-hydrogen) atoms. The molecule has 12 heteroatoms. The Kier molecular flexibility index (Phi) is 5.94. The number of nitrogen functional groups attached to an aromatic ring is 1. The van der Waals surface area contributed by atoms with Gasteiger partial charge in [-0.3, -0.25) is 19.1 Å². The normalized spacial score (nSPS) is 26.1. The fourth-order valence-electron chi connectivity index (χ4n) is 5.76. The van der Waals surface area contributed by atoms with Crippen LogP contribution in [-0.4, -0.2) is 91.9 Å². The number of aromatic nitrogens is 4. The maximum Gasteiger partial charge on any atom is 0.261 e. The Labute approximate surface area is 219 Å². The van der Waals surface area contributed by atoms with Crippen LogP contribution in [0.1, 0.15) is 47.9 Å². The molecule has 0 bridgehead atoms. The van der Waals surface area contributed by atoms with Gasteiger partial charge in [0.05, 0.1) is 24.1 Å². The summed E-state index contributed by atoms with van der Waals surface area (Å²) in [6.45, 7) is 8.50. The molecule has 2 saturated heterocycles. The Morgan fingerprint density at radius 2 is 1.87 bits per heavy atom. The van der Waals surface area contributed by atoms with Gasteiger partial charge in [-0.05, 0) is 45.5 Å². The third-order valence-electron chi connectivity index (χ3n) is 7.51. The van der Waals surface area contributed by atoms with Gasteiger partial charge in [-0.1, -0.05) is 19.1 Å². The van der Waals surface area contributed by atoms with Crippen LogP contribution >= 0.6 is 0 Å². The predicted molar refractivity (Wildman–Crippen MR) is 136 cm³/mol. The van der Waals surface area contributed by atoms with Crippen molar-refractivity contribution in [2.24, 2.45) is 0 Å². The van der Waals surface area contributed by atoms with Crippen LogP contribution in [0.2, 0.25) is 0 Å². The van der Waals surface area contributed by atoms with E-state index >= 15 is 0 Å². The standard InChI is InChI=1S/C26H31N7O5/c1-4-31(10-7-11-32-23(34)16-8-5-6-9-17(16)24(32)35)12-18-20-26(13-36-18,38-25(2,3)37-20)33-15-30-19-21(27)28-14-29-22(19)33/h5-6,8-9,14-15,18,20H,4,7,10-13H2,1-3H3,(H2,27,28,29). The highest BCUT2D eigenvalue weighted by atomic mass is 16.8. The van der Waals surface area contributed by atoms with Crippen LogP contribution in [0.25, 0.3) is 11.2 Å². The molecule has 0 radical (unpaired) electrons. The van der Waals surface area contributed by atoms with E-state index in [0.29, 0.717) is 54.2 Å². The number of carbonyl (C=O) groups is 2. The van der Waals surface area contributed by atoms with Gasteiger partial charge < -0.3 is 24.8 Å². The quantitative estimate of drug-likeness (QED) is 0.435. The lowest BCUT2D eigenvalue weighted by Gasteiger charge is -2.29. The van der Waals surface area contributed by atoms with E-state index in [2.05, 4.69) is 26.8 Å². The summed E-state index contributed by atoms with van der Waals surface area (Å²) in [5.74, 6) is -1.00. The van der Waals surface area contributed by atoms with E-state index in [1.807, 2.05) is 18.4 Å². The molecule has 0 spiro atoms. The number of amides is 2. The Morgan fingerprint density at radius 3 is 2.58 bits per heavy atom. The lowest BCUT2D eigenvalue weighted by molar-refractivity contribution is -0.205. The van der Waals surface area contributed by atoms with Gasteiger partial charge in [-0.15, -0.1) is 0 Å². The van der Waals surface area contributed by atoms with Crippen molar-refractivity contribution in [2.75, 3.05) is 38.5 Å². The zero-order valence-electron chi connectivity index (χ0n) is 21.7. The number of rotatable bonds is 8. The van der Waals surface area contributed by atoms with Crippen molar-refractivity contribution in [2.45, 2.75) is 50.9 Å². The van der Waals surface area contributed by atoms with Gasteiger partial charge >= 0.3 is 0 Å². The van der Waals surface area contributed by atoms with Crippen molar-refractivity contribution in [1.82, 2.24) is 29.3 Å². The second-order valence-corrected chi connectivity index (χ2v) is 10.3. The van der Waals surface area contributed by atoms with E-state index in [-0.39, 0.29) is 24.5 Å². The number of likely N-dealkylation sites (N-methyl/N-ethyl adjacent to an activating group) is 1. The van der Waals surface area contributed by atoms with Gasteiger partial charge in [-0.2, -0.15) is 0 Å². The zero-order chi connectivity index (χ0) is 26.7. The molecule has 3 unspecified atom stereocenters. The minimum atomic E-state index is -0.955. The zero-order valence-corrected chi connectivity index (χ0v) is 21.7. The molecule has 6 rings (SSSR count). The number of imidazole rings is 1. The molecule has 3 atom stereocenters. The van der Waals surface area contributed by atoms with Crippen LogP contribution in [0.4, 0.5) is 5.82 Å². The summed E-state index contributed by atoms with van der Waals surface area (Å²) in [4.78, 5) is 41.8. The number of hydrogen-bond donors (Lipinski definition) is 1. The Hall–Kier alpha value is -3.45. The average molecular weight is 522 g/mol. The lowest BCUT2D eigenvalue weighted by Crippen LogP contribution is -2.47. The number of nitrogens with zero attached hydrogens (tertiary/aromatic N) is 6. The largest absolute Gasteiger partial charge is 0.382 e. The molecule has 0 aliphatic carbocycles. The molecule has 2 amide bonds. The monoisotopic (exact) mass is 521 g/mol. The minimum Gasteiger partial charge on any atom is -0.382 e. The van der Waals surface area contributed by atoms with Crippen molar-refractivity contribution >= 4 is 28.8 Å². The smallest absolute Gasteiger partial charge is 0.261 e. The van der Waals surface area contributed by atoms with Crippen LogP contribution in [0.15, 0.2) is 36.9 Å². The fourth-order valence-corrected chi connectivity index (χ4v) is 5.76. The van der Waals surface area contributed by atoms with Gasteiger partial charge in [0, 0.05) is 13.1 Å². The van der Waals surface area contributed by atoms with Gasteiger partial charge in [0.1, 0.15) is 24.1 Å². The summed E-state index contributed by atoms with van der Waals surface area (Å²) in [5.41, 5.74) is 7.07. The Balaban J connectivity index is 1.15. The summed E-state index contributed by atoms with van der Waals surface area (Å²) < 4.78 is 21.0. The van der Waals surface area contributed by atoms with Crippen LogP contribution in [0, 0.1) is 0 Å². The van der Waals surface area contributed by atoms with Crippen molar-refractivity contribution in [1.29, 1.82) is 0 Å². The number of fused-ring (bicyclic) bond motifs is 3. The van der Waals surface area contributed by atoms with E-state index < -0.39 is 17.6 Å². The number of anilines is 1. The molecule has 3 aliphatic heterocycles. The molecule has 2 aromatic heterocycles. The number of benzene rings is 1. The molecule has 2 N–H and O–H groups in total. The first-order valence-electron chi connectivity index (χ1n) is 12.9. The summed E-state index contributed by atoms with van der Waals surface area (Å²) >= 11 is 0. The first kappa shape index (κ1) is 24.9. The van der Waals surface area contributed by atoms with E-state index in [1.165, 1.54) is 11.2 Å². The molecular formula is C26H31N7O5. The van der Waals surface area contributed by atoms with Gasteiger partial charge in [0.2, 0.25) is 5.72 Å². The number of imide groups is 1. The van der Waals surface area contributed by atoms with Crippen LogP contribution in [0.3, 0.4) is 0 Å². The molecule has 3 aromatic rings.